The third kappa shape index (κ3) is 4.58. The molecule has 0 atom stereocenters. The van der Waals surface area contributed by atoms with Gasteiger partial charge in [0, 0.05) is 14.8 Å². The van der Waals surface area contributed by atoms with Gasteiger partial charge < -0.3 is 0 Å². The van der Waals surface area contributed by atoms with Crippen LogP contribution in [0, 0.1) is 6.92 Å². The highest BCUT2D eigenvalue weighted by atomic mass is 35.5. The zero-order chi connectivity index (χ0) is 16.3. The van der Waals surface area contributed by atoms with E-state index in [0.29, 0.717) is 5.02 Å². The van der Waals surface area contributed by atoms with Crippen LogP contribution in [0.2, 0.25) is 10.0 Å². The molecule has 0 spiro atoms. The zero-order valence-corrected chi connectivity index (χ0v) is 14.5. The van der Waals surface area contributed by atoms with Gasteiger partial charge in [0.25, 0.3) is 15.9 Å². The smallest absolute Gasteiger partial charge is 0.266 e. The maximum Gasteiger partial charge on any atom is 0.266 e. The van der Waals surface area contributed by atoms with Gasteiger partial charge in [0.2, 0.25) is 0 Å². The van der Waals surface area contributed by atoms with Gasteiger partial charge in [0.1, 0.15) is 0 Å². The van der Waals surface area contributed by atoms with E-state index < -0.39 is 15.9 Å². The molecule has 0 saturated heterocycles. The maximum atomic E-state index is 12.0. The average molecular weight is 376 g/mol. The molecule has 0 aliphatic carbocycles. The summed E-state index contributed by atoms with van der Waals surface area (Å²) in [4.78, 5) is 13.8. The molecular weight excluding hydrogens is 365 g/mol. The standard InChI is InChI=1S/C14H11Cl2NO3S2/c1-9-2-4-11(21-9)6-7-22(19,20)17-14(18)12-5-3-10(15)8-13(12)16/h2-8H,1H3,(H,17,18). The van der Waals surface area contributed by atoms with Crippen molar-refractivity contribution in [3.8, 4) is 0 Å². The van der Waals surface area contributed by atoms with Gasteiger partial charge in [-0.1, -0.05) is 23.2 Å². The van der Waals surface area contributed by atoms with Crippen molar-refractivity contribution >= 4 is 56.5 Å². The molecule has 4 nitrogen and oxygen atoms in total. The summed E-state index contributed by atoms with van der Waals surface area (Å²) in [5.41, 5.74) is 0.0370. The van der Waals surface area contributed by atoms with Crippen LogP contribution in [0.25, 0.3) is 6.08 Å². The van der Waals surface area contributed by atoms with Gasteiger partial charge in [-0.05, 0) is 43.3 Å². The predicted octanol–water partition coefficient (Wildman–Crippen LogP) is 4.09. The lowest BCUT2D eigenvalue weighted by molar-refractivity contribution is 0.0982. The van der Waals surface area contributed by atoms with Gasteiger partial charge in [-0.3, -0.25) is 4.79 Å². The third-order valence-corrected chi connectivity index (χ3v) is 5.06. The first kappa shape index (κ1) is 17.0. The normalized spacial score (nSPS) is 11.8. The molecule has 0 saturated carbocycles. The fourth-order valence-electron chi connectivity index (χ4n) is 1.59. The number of rotatable bonds is 4. The van der Waals surface area contributed by atoms with E-state index in [0.717, 1.165) is 15.2 Å². The summed E-state index contributed by atoms with van der Waals surface area (Å²) in [7, 11) is -3.91. The highest BCUT2D eigenvalue weighted by molar-refractivity contribution is 7.93. The minimum atomic E-state index is -3.91. The third-order valence-electron chi connectivity index (χ3n) is 2.58. The van der Waals surface area contributed by atoms with Crippen LogP contribution in [-0.2, 0) is 10.0 Å². The number of hydrogen-bond donors (Lipinski definition) is 1. The van der Waals surface area contributed by atoms with Crippen LogP contribution < -0.4 is 4.72 Å². The van der Waals surface area contributed by atoms with Gasteiger partial charge in [0.15, 0.2) is 0 Å². The number of hydrogen-bond acceptors (Lipinski definition) is 4. The van der Waals surface area contributed by atoms with E-state index in [1.54, 1.807) is 6.07 Å². The molecule has 1 aromatic heterocycles. The Hall–Kier alpha value is -1.34. The number of amides is 1. The SMILES string of the molecule is Cc1ccc(C=CS(=O)(=O)NC(=O)c2ccc(Cl)cc2Cl)s1. The number of sulfonamides is 1. The minimum absolute atomic E-state index is 0.0370. The zero-order valence-electron chi connectivity index (χ0n) is 11.3. The molecule has 2 aromatic rings. The molecule has 1 amide bonds. The number of halogens is 2. The average Bonchev–Trinajstić information content (AvgIpc) is 2.81. The largest absolute Gasteiger partial charge is 0.268 e. The summed E-state index contributed by atoms with van der Waals surface area (Å²) in [6.45, 7) is 1.92. The highest BCUT2D eigenvalue weighted by Gasteiger charge is 2.16. The van der Waals surface area contributed by atoms with Crippen molar-refractivity contribution in [2.75, 3.05) is 0 Å². The Morgan fingerprint density at radius 2 is 1.95 bits per heavy atom. The lowest BCUT2D eigenvalue weighted by Crippen LogP contribution is -2.28. The second-order valence-electron chi connectivity index (χ2n) is 4.35. The van der Waals surface area contributed by atoms with Crippen molar-refractivity contribution < 1.29 is 13.2 Å². The van der Waals surface area contributed by atoms with Crippen molar-refractivity contribution in [2.24, 2.45) is 0 Å². The minimum Gasteiger partial charge on any atom is -0.268 e. The second kappa shape index (κ2) is 6.83. The molecule has 116 valence electrons. The first-order valence-corrected chi connectivity index (χ1v) is 9.15. The summed E-state index contributed by atoms with van der Waals surface area (Å²) in [6.07, 6.45) is 1.43. The Bertz CT molecular complexity index is 842. The number of carbonyl (C=O) groups excluding carboxylic acids is 1. The molecule has 0 unspecified atom stereocenters. The Labute approximate surface area is 142 Å². The molecule has 1 heterocycles. The number of thiophene rings is 1. The van der Waals surface area contributed by atoms with E-state index in [1.165, 1.54) is 35.6 Å². The quantitative estimate of drug-likeness (QED) is 0.874. The van der Waals surface area contributed by atoms with E-state index >= 15 is 0 Å². The summed E-state index contributed by atoms with van der Waals surface area (Å²) < 4.78 is 25.7. The maximum absolute atomic E-state index is 12.0. The number of carbonyl (C=O) groups is 1. The Balaban J connectivity index is 2.14. The van der Waals surface area contributed by atoms with Crippen molar-refractivity contribution in [2.45, 2.75) is 6.92 Å². The summed E-state index contributed by atoms with van der Waals surface area (Å²) in [6, 6.07) is 7.86. The van der Waals surface area contributed by atoms with Gasteiger partial charge in [-0.15, -0.1) is 11.3 Å². The van der Waals surface area contributed by atoms with Crippen LogP contribution in [0.5, 0.6) is 0 Å². The lowest BCUT2D eigenvalue weighted by Gasteiger charge is -2.05. The summed E-state index contributed by atoms with van der Waals surface area (Å²) in [5.74, 6) is -0.811. The van der Waals surface area contributed by atoms with Crippen molar-refractivity contribution in [3.05, 3.63) is 61.1 Å². The monoisotopic (exact) mass is 375 g/mol. The highest BCUT2D eigenvalue weighted by Crippen LogP contribution is 2.21. The molecule has 1 N–H and O–H groups in total. The van der Waals surface area contributed by atoms with Gasteiger partial charge in [0.05, 0.1) is 16.0 Å². The van der Waals surface area contributed by atoms with Crippen molar-refractivity contribution in [1.82, 2.24) is 4.72 Å². The van der Waals surface area contributed by atoms with Crippen LogP contribution in [0.15, 0.2) is 35.7 Å². The first-order chi connectivity index (χ1) is 10.3. The molecule has 0 bridgehead atoms. The number of benzene rings is 1. The predicted molar refractivity (Wildman–Crippen MR) is 90.9 cm³/mol. The Morgan fingerprint density at radius 3 is 2.55 bits per heavy atom. The lowest BCUT2D eigenvalue weighted by atomic mass is 10.2. The van der Waals surface area contributed by atoms with Gasteiger partial charge in [-0.25, -0.2) is 13.1 Å². The molecule has 1 aromatic carbocycles. The van der Waals surface area contributed by atoms with Crippen LogP contribution in [-0.4, -0.2) is 14.3 Å². The van der Waals surface area contributed by atoms with E-state index in [1.807, 2.05) is 17.7 Å². The van der Waals surface area contributed by atoms with E-state index in [-0.39, 0.29) is 10.6 Å². The van der Waals surface area contributed by atoms with Crippen molar-refractivity contribution in [3.63, 3.8) is 0 Å². The van der Waals surface area contributed by atoms with Crippen molar-refractivity contribution in [1.29, 1.82) is 0 Å². The summed E-state index contributed by atoms with van der Waals surface area (Å²) in [5, 5.41) is 1.38. The fourth-order valence-corrected chi connectivity index (χ4v) is 3.71. The molecule has 22 heavy (non-hydrogen) atoms. The summed E-state index contributed by atoms with van der Waals surface area (Å²) >= 11 is 13.1. The second-order valence-corrected chi connectivity index (χ2v) is 8.08. The van der Waals surface area contributed by atoms with Crippen LogP contribution in [0.3, 0.4) is 0 Å². The molecule has 0 aliphatic rings. The van der Waals surface area contributed by atoms with E-state index in [9.17, 15) is 13.2 Å². The molecule has 2 rings (SSSR count). The van der Waals surface area contributed by atoms with E-state index in [2.05, 4.69) is 0 Å². The van der Waals surface area contributed by atoms with Gasteiger partial charge >= 0.3 is 0 Å². The van der Waals surface area contributed by atoms with Crippen LogP contribution in [0.4, 0.5) is 0 Å². The number of aryl methyl sites for hydroxylation is 1. The van der Waals surface area contributed by atoms with Gasteiger partial charge in [-0.2, -0.15) is 0 Å². The van der Waals surface area contributed by atoms with E-state index in [4.69, 9.17) is 23.2 Å². The fraction of sp³-hybridized carbons (Fsp3) is 0.0714. The molecule has 0 aliphatic heterocycles. The molecule has 0 fully saturated rings. The Morgan fingerprint density at radius 1 is 1.23 bits per heavy atom. The number of nitrogens with one attached hydrogen (secondary N) is 1. The van der Waals surface area contributed by atoms with Crippen LogP contribution >= 0.6 is 34.5 Å². The van der Waals surface area contributed by atoms with Crippen LogP contribution in [0.1, 0.15) is 20.1 Å². The Kier molecular flexibility index (Phi) is 5.28. The first-order valence-electron chi connectivity index (χ1n) is 6.03. The topological polar surface area (TPSA) is 63.2 Å². The molecular formula is C14H11Cl2NO3S2. The molecule has 8 heteroatoms. The molecule has 0 radical (unpaired) electrons.